The number of amides is 3. The van der Waals surface area contributed by atoms with Crippen LogP contribution in [-0.4, -0.2) is 41.0 Å². The standard InChI is InChI=1S/C21H28N4O3/c1-15(2)13-25-14-18(16-7-3-4-8-17(16)20(25)27)23-21(28)22-10-6-12-24-11-5-9-19(24)26/h3-4,7-8,14-15H,5-6,9-13H2,1-2H3,(H2,22,23,28). The van der Waals surface area contributed by atoms with E-state index in [1.165, 1.54) is 0 Å². The third-order valence-corrected chi connectivity index (χ3v) is 4.87. The maximum absolute atomic E-state index is 12.7. The Morgan fingerprint density at radius 2 is 1.93 bits per heavy atom. The molecule has 1 aromatic carbocycles. The molecule has 1 fully saturated rings. The first-order chi connectivity index (χ1) is 13.5. The van der Waals surface area contributed by atoms with Crippen LogP contribution < -0.4 is 16.2 Å². The normalized spacial score (nSPS) is 14.1. The van der Waals surface area contributed by atoms with Gasteiger partial charge in [-0.05, 0) is 24.8 Å². The lowest BCUT2D eigenvalue weighted by atomic mass is 10.1. The van der Waals surface area contributed by atoms with Crippen molar-refractivity contribution in [1.29, 1.82) is 0 Å². The second-order valence-corrected chi connectivity index (χ2v) is 7.66. The van der Waals surface area contributed by atoms with Crippen molar-refractivity contribution in [1.82, 2.24) is 14.8 Å². The maximum atomic E-state index is 12.7. The highest BCUT2D eigenvalue weighted by atomic mass is 16.2. The van der Waals surface area contributed by atoms with Crippen LogP contribution in [0.4, 0.5) is 10.5 Å². The van der Waals surface area contributed by atoms with Crippen LogP contribution in [0, 0.1) is 5.92 Å². The van der Waals surface area contributed by atoms with E-state index in [2.05, 4.69) is 10.6 Å². The number of hydrogen-bond acceptors (Lipinski definition) is 3. The first kappa shape index (κ1) is 19.9. The Kier molecular flexibility index (Phi) is 6.34. The smallest absolute Gasteiger partial charge is 0.319 e. The van der Waals surface area contributed by atoms with E-state index in [0.717, 1.165) is 18.4 Å². The summed E-state index contributed by atoms with van der Waals surface area (Å²) in [6, 6.07) is 6.99. The lowest BCUT2D eigenvalue weighted by Gasteiger charge is -2.16. The number of aromatic nitrogens is 1. The number of carbonyl (C=O) groups excluding carboxylic acids is 2. The summed E-state index contributed by atoms with van der Waals surface area (Å²) in [7, 11) is 0. The van der Waals surface area contributed by atoms with E-state index in [-0.39, 0.29) is 17.5 Å². The molecule has 1 aromatic heterocycles. The predicted molar refractivity (Wildman–Crippen MR) is 110 cm³/mol. The summed E-state index contributed by atoms with van der Waals surface area (Å²) in [5, 5.41) is 7.03. The number of fused-ring (bicyclic) bond motifs is 1. The third-order valence-electron chi connectivity index (χ3n) is 4.87. The quantitative estimate of drug-likeness (QED) is 0.720. The number of urea groups is 1. The summed E-state index contributed by atoms with van der Waals surface area (Å²) >= 11 is 0. The molecule has 28 heavy (non-hydrogen) atoms. The minimum absolute atomic E-state index is 0.0504. The van der Waals surface area contributed by atoms with E-state index in [9.17, 15) is 14.4 Å². The molecular formula is C21H28N4O3. The maximum Gasteiger partial charge on any atom is 0.319 e. The topological polar surface area (TPSA) is 83.4 Å². The summed E-state index contributed by atoms with van der Waals surface area (Å²) in [5.74, 6) is 0.511. The van der Waals surface area contributed by atoms with Gasteiger partial charge in [0.05, 0.1) is 5.69 Å². The van der Waals surface area contributed by atoms with Gasteiger partial charge in [0.2, 0.25) is 5.91 Å². The molecule has 0 saturated carbocycles. The number of rotatable bonds is 7. The minimum atomic E-state index is -0.312. The van der Waals surface area contributed by atoms with Gasteiger partial charge in [-0.3, -0.25) is 9.59 Å². The first-order valence-electron chi connectivity index (χ1n) is 9.90. The molecule has 3 amide bonds. The van der Waals surface area contributed by atoms with Gasteiger partial charge in [-0.2, -0.15) is 0 Å². The number of benzene rings is 1. The average Bonchev–Trinajstić information content (AvgIpc) is 3.07. The fourth-order valence-corrected chi connectivity index (χ4v) is 3.55. The monoisotopic (exact) mass is 384 g/mol. The lowest BCUT2D eigenvalue weighted by molar-refractivity contribution is -0.127. The Bertz CT molecular complexity index is 919. The van der Waals surface area contributed by atoms with E-state index in [1.807, 2.05) is 36.9 Å². The molecule has 0 atom stereocenters. The van der Waals surface area contributed by atoms with E-state index in [4.69, 9.17) is 0 Å². The minimum Gasteiger partial charge on any atom is -0.343 e. The Balaban J connectivity index is 1.65. The molecule has 3 rings (SSSR count). The van der Waals surface area contributed by atoms with Gasteiger partial charge in [-0.15, -0.1) is 0 Å². The lowest BCUT2D eigenvalue weighted by Crippen LogP contribution is -2.33. The number of likely N-dealkylation sites (tertiary alicyclic amines) is 1. The van der Waals surface area contributed by atoms with Crippen LogP contribution in [-0.2, 0) is 11.3 Å². The number of nitrogens with one attached hydrogen (secondary N) is 2. The molecule has 0 aliphatic carbocycles. The van der Waals surface area contributed by atoms with Crippen LogP contribution >= 0.6 is 0 Å². The average molecular weight is 384 g/mol. The zero-order valence-electron chi connectivity index (χ0n) is 16.5. The second kappa shape index (κ2) is 8.91. The highest BCUT2D eigenvalue weighted by Gasteiger charge is 2.19. The van der Waals surface area contributed by atoms with Crippen LogP contribution in [0.25, 0.3) is 10.8 Å². The van der Waals surface area contributed by atoms with Gasteiger partial charge in [0, 0.05) is 49.6 Å². The van der Waals surface area contributed by atoms with E-state index in [1.54, 1.807) is 16.8 Å². The van der Waals surface area contributed by atoms with Crippen molar-refractivity contribution in [3.63, 3.8) is 0 Å². The molecule has 150 valence electrons. The van der Waals surface area contributed by atoms with Crippen molar-refractivity contribution in [2.75, 3.05) is 25.0 Å². The number of hydrogen-bond donors (Lipinski definition) is 2. The molecule has 1 aliphatic heterocycles. The van der Waals surface area contributed by atoms with Crippen molar-refractivity contribution < 1.29 is 9.59 Å². The molecule has 2 heterocycles. The SMILES string of the molecule is CC(C)Cn1cc(NC(=O)NCCCN2CCCC2=O)c2ccccc2c1=O. The molecular weight excluding hydrogens is 356 g/mol. The van der Waals surface area contributed by atoms with Gasteiger partial charge < -0.3 is 20.1 Å². The summed E-state index contributed by atoms with van der Waals surface area (Å²) < 4.78 is 1.65. The molecule has 2 aromatic rings. The third kappa shape index (κ3) is 4.71. The molecule has 7 nitrogen and oxygen atoms in total. The fourth-order valence-electron chi connectivity index (χ4n) is 3.55. The fraction of sp³-hybridized carbons (Fsp3) is 0.476. The number of nitrogens with zero attached hydrogens (tertiary/aromatic N) is 2. The predicted octanol–water partition coefficient (Wildman–Crippen LogP) is 2.79. The zero-order chi connectivity index (χ0) is 20.1. The number of anilines is 1. The molecule has 1 saturated heterocycles. The zero-order valence-corrected chi connectivity index (χ0v) is 16.5. The Morgan fingerprint density at radius 1 is 1.18 bits per heavy atom. The van der Waals surface area contributed by atoms with Crippen LogP contribution in [0.5, 0.6) is 0 Å². The largest absolute Gasteiger partial charge is 0.343 e. The van der Waals surface area contributed by atoms with Gasteiger partial charge in [-0.25, -0.2) is 4.79 Å². The highest BCUT2D eigenvalue weighted by Crippen LogP contribution is 2.20. The summed E-state index contributed by atoms with van der Waals surface area (Å²) in [4.78, 5) is 38.5. The van der Waals surface area contributed by atoms with Crippen molar-refractivity contribution in [2.45, 2.75) is 39.7 Å². The van der Waals surface area contributed by atoms with Crippen molar-refractivity contribution >= 4 is 28.4 Å². The Labute approximate surface area is 164 Å². The van der Waals surface area contributed by atoms with Gasteiger partial charge in [0.1, 0.15) is 0 Å². The van der Waals surface area contributed by atoms with E-state index < -0.39 is 0 Å². The van der Waals surface area contributed by atoms with Gasteiger partial charge in [-0.1, -0.05) is 32.0 Å². The Hall–Kier alpha value is -2.83. The highest BCUT2D eigenvalue weighted by molar-refractivity contribution is 6.00. The first-order valence-corrected chi connectivity index (χ1v) is 9.90. The summed E-state index contributed by atoms with van der Waals surface area (Å²) in [6.07, 6.45) is 3.99. The summed E-state index contributed by atoms with van der Waals surface area (Å²) in [6.45, 7) is 6.65. The Morgan fingerprint density at radius 3 is 2.61 bits per heavy atom. The molecule has 0 unspecified atom stereocenters. The van der Waals surface area contributed by atoms with Gasteiger partial charge >= 0.3 is 6.03 Å². The van der Waals surface area contributed by atoms with Crippen LogP contribution in [0.15, 0.2) is 35.3 Å². The van der Waals surface area contributed by atoms with Gasteiger partial charge in [0.15, 0.2) is 0 Å². The number of carbonyl (C=O) groups is 2. The van der Waals surface area contributed by atoms with Crippen molar-refractivity contribution in [3.05, 3.63) is 40.8 Å². The van der Waals surface area contributed by atoms with Crippen molar-refractivity contribution in [3.8, 4) is 0 Å². The summed E-state index contributed by atoms with van der Waals surface area (Å²) in [5.41, 5.74) is 0.564. The molecule has 0 bridgehead atoms. The molecule has 0 spiro atoms. The number of pyridine rings is 1. The second-order valence-electron chi connectivity index (χ2n) is 7.66. The molecule has 1 aliphatic rings. The van der Waals surface area contributed by atoms with E-state index in [0.29, 0.717) is 49.5 Å². The van der Waals surface area contributed by atoms with Crippen molar-refractivity contribution in [2.24, 2.45) is 5.92 Å². The van der Waals surface area contributed by atoms with Crippen LogP contribution in [0.2, 0.25) is 0 Å². The van der Waals surface area contributed by atoms with Crippen LogP contribution in [0.3, 0.4) is 0 Å². The molecule has 0 radical (unpaired) electrons. The van der Waals surface area contributed by atoms with Gasteiger partial charge in [0.25, 0.3) is 5.56 Å². The van der Waals surface area contributed by atoms with Crippen LogP contribution in [0.1, 0.15) is 33.1 Å². The van der Waals surface area contributed by atoms with E-state index >= 15 is 0 Å². The molecule has 2 N–H and O–H groups in total. The molecule has 7 heteroatoms.